The lowest BCUT2D eigenvalue weighted by Gasteiger charge is -2.18. The highest BCUT2D eigenvalue weighted by molar-refractivity contribution is 7.17. The molecule has 8 heteroatoms. The van der Waals surface area contributed by atoms with Gasteiger partial charge in [0.2, 0.25) is 11.8 Å². The molecule has 0 aliphatic rings. The predicted molar refractivity (Wildman–Crippen MR) is 146 cm³/mol. The second kappa shape index (κ2) is 9.75. The van der Waals surface area contributed by atoms with Crippen LogP contribution in [0.4, 0.5) is 11.4 Å². The number of aromatic nitrogens is 2. The number of thiophene rings is 1. The van der Waals surface area contributed by atoms with Crippen LogP contribution in [0.25, 0.3) is 32.1 Å². The monoisotopic (exact) mass is 496 g/mol. The first-order chi connectivity index (χ1) is 17.4. The van der Waals surface area contributed by atoms with Gasteiger partial charge in [-0.15, -0.1) is 11.3 Å². The Hall–Kier alpha value is -4.30. The van der Waals surface area contributed by atoms with Crippen LogP contribution in [-0.2, 0) is 9.59 Å². The summed E-state index contributed by atoms with van der Waals surface area (Å²) >= 11 is 1.42. The maximum absolute atomic E-state index is 13.7. The molecule has 0 fully saturated rings. The molecular formula is C28H24N4O3S. The average Bonchev–Trinajstić information content (AvgIpc) is 3.31. The molecule has 5 rings (SSSR count). The Kier molecular flexibility index (Phi) is 6.35. The maximum Gasteiger partial charge on any atom is 0.263 e. The molecule has 1 atom stereocenters. The van der Waals surface area contributed by atoms with Crippen molar-refractivity contribution in [3.8, 4) is 11.1 Å². The number of hydrogen-bond acceptors (Lipinski definition) is 5. The number of rotatable bonds is 6. The lowest BCUT2D eigenvalue weighted by Crippen LogP contribution is -2.33. The third-order valence-electron chi connectivity index (χ3n) is 6.08. The number of benzene rings is 3. The van der Waals surface area contributed by atoms with Gasteiger partial charge in [-0.1, -0.05) is 43.3 Å². The number of nitrogens with zero attached hydrogens (tertiary/aromatic N) is 2. The minimum absolute atomic E-state index is 0.170. The van der Waals surface area contributed by atoms with Crippen LogP contribution in [0.3, 0.4) is 0 Å². The summed E-state index contributed by atoms with van der Waals surface area (Å²) in [6, 6.07) is 20.3. The van der Waals surface area contributed by atoms with Crippen LogP contribution in [0.2, 0.25) is 0 Å². The normalized spacial score (nSPS) is 11.9. The van der Waals surface area contributed by atoms with E-state index in [1.807, 2.05) is 42.6 Å². The molecule has 5 aromatic rings. The van der Waals surface area contributed by atoms with Gasteiger partial charge in [0, 0.05) is 29.2 Å². The SMILES string of the molecule is CCC(C(=O)Nc1ccc(NC(C)=O)cc1)n1cnc2scc(-c3ccc4ccccc4c3)c2c1=O. The van der Waals surface area contributed by atoms with Gasteiger partial charge in [0.15, 0.2) is 0 Å². The number of carbonyl (C=O) groups excluding carboxylic acids is 2. The Morgan fingerprint density at radius 1 is 0.972 bits per heavy atom. The summed E-state index contributed by atoms with van der Waals surface area (Å²) in [5, 5.41) is 10.2. The van der Waals surface area contributed by atoms with Gasteiger partial charge >= 0.3 is 0 Å². The smallest absolute Gasteiger partial charge is 0.263 e. The highest BCUT2D eigenvalue weighted by Crippen LogP contribution is 2.33. The van der Waals surface area contributed by atoms with Crippen molar-refractivity contribution in [1.82, 2.24) is 9.55 Å². The Morgan fingerprint density at radius 2 is 1.67 bits per heavy atom. The van der Waals surface area contributed by atoms with Crippen molar-refractivity contribution in [3.05, 3.63) is 88.8 Å². The number of anilines is 2. The Morgan fingerprint density at radius 3 is 2.36 bits per heavy atom. The molecule has 0 saturated heterocycles. The van der Waals surface area contributed by atoms with E-state index in [1.165, 1.54) is 29.2 Å². The minimum Gasteiger partial charge on any atom is -0.326 e. The van der Waals surface area contributed by atoms with E-state index in [0.717, 1.165) is 21.9 Å². The van der Waals surface area contributed by atoms with Gasteiger partial charge in [0.1, 0.15) is 10.9 Å². The van der Waals surface area contributed by atoms with E-state index >= 15 is 0 Å². The average molecular weight is 497 g/mol. The van der Waals surface area contributed by atoms with E-state index in [2.05, 4.69) is 27.8 Å². The molecule has 7 nitrogen and oxygen atoms in total. The summed E-state index contributed by atoms with van der Waals surface area (Å²) in [5.74, 6) is -0.480. The number of carbonyl (C=O) groups is 2. The topological polar surface area (TPSA) is 93.1 Å². The zero-order chi connectivity index (χ0) is 25.2. The van der Waals surface area contributed by atoms with Gasteiger partial charge in [-0.2, -0.15) is 0 Å². The lowest BCUT2D eigenvalue weighted by molar-refractivity contribution is -0.119. The van der Waals surface area contributed by atoms with Gasteiger partial charge in [-0.05, 0) is 53.1 Å². The zero-order valence-electron chi connectivity index (χ0n) is 19.8. The van der Waals surface area contributed by atoms with Crippen molar-refractivity contribution < 1.29 is 9.59 Å². The number of amides is 2. The number of fused-ring (bicyclic) bond motifs is 2. The summed E-state index contributed by atoms with van der Waals surface area (Å²) in [4.78, 5) is 43.2. The molecule has 0 radical (unpaired) electrons. The highest BCUT2D eigenvalue weighted by atomic mass is 32.1. The van der Waals surface area contributed by atoms with E-state index < -0.39 is 6.04 Å². The van der Waals surface area contributed by atoms with Crippen LogP contribution in [0, 0.1) is 0 Å². The zero-order valence-corrected chi connectivity index (χ0v) is 20.6. The third-order valence-corrected chi connectivity index (χ3v) is 6.96. The van der Waals surface area contributed by atoms with E-state index in [1.54, 1.807) is 24.3 Å². The predicted octanol–water partition coefficient (Wildman–Crippen LogP) is 5.83. The van der Waals surface area contributed by atoms with Gasteiger partial charge in [-0.3, -0.25) is 19.0 Å². The Bertz CT molecular complexity index is 1650. The first-order valence-electron chi connectivity index (χ1n) is 11.6. The molecule has 2 heterocycles. The second-order valence-corrected chi connectivity index (χ2v) is 9.38. The van der Waals surface area contributed by atoms with Crippen LogP contribution in [0.15, 0.2) is 83.2 Å². The second-order valence-electron chi connectivity index (χ2n) is 8.52. The highest BCUT2D eigenvalue weighted by Gasteiger charge is 2.23. The standard InChI is InChI=1S/C28H24N4O3S/c1-3-24(26(34)31-22-12-10-21(11-13-22)30-17(2)33)32-16-29-27-25(28(32)35)23(15-36-27)20-9-8-18-6-4-5-7-19(18)14-20/h4-16,24H,3H2,1-2H3,(H,30,33)(H,31,34). The Labute approximate surface area is 211 Å². The molecule has 0 aliphatic heterocycles. The molecule has 2 N–H and O–H groups in total. The third kappa shape index (κ3) is 4.50. The van der Waals surface area contributed by atoms with E-state index in [-0.39, 0.29) is 17.4 Å². The molecule has 0 bridgehead atoms. The molecule has 0 saturated carbocycles. The van der Waals surface area contributed by atoms with Gasteiger partial charge < -0.3 is 10.6 Å². The fourth-order valence-corrected chi connectivity index (χ4v) is 5.22. The van der Waals surface area contributed by atoms with Crippen molar-refractivity contribution in [2.24, 2.45) is 0 Å². The number of hydrogen-bond donors (Lipinski definition) is 2. The summed E-state index contributed by atoms with van der Waals surface area (Å²) < 4.78 is 1.42. The molecular weight excluding hydrogens is 472 g/mol. The van der Waals surface area contributed by atoms with Crippen LogP contribution >= 0.6 is 11.3 Å². The fraction of sp³-hybridized carbons (Fsp3) is 0.143. The first-order valence-corrected chi connectivity index (χ1v) is 12.5. The number of nitrogens with one attached hydrogen (secondary N) is 2. The van der Waals surface area contributed by atoms with Crippen LogP contribution in [0.5, 0.6) is 0 Å². The summed E-state index contributed by atoms with van der Waals surface area (Å²) in [6.07, 6.45) is 1.87. The molecule has 3 aromatic carbocycles. The van der Waals surface area contributed by atoms with Crippen LogP contribution in [0.1, 0.15) is 26.3 Å². The van der Waals surface area contributed by atoms with Crippen LogP contribution < -0.4 is 16.2 Å². The van der Waals surface area contributed by atoms with Crippen molar-refractivity contribution >= 4 is 55.5 Å². The summed E-state index contributed by atoms with van der Waals surface area (Å²) in [6.45, 7) is 3.29. The Balaban J connectivity index is 1.48. The molecule has 180 valence electrons. The van der Waals surface area contributed by atoms with Crippen molar-refractivity contribution in [2.45, 2.75) is 26.3 Å². The first kappa shape index (κ1) is 23.4. The molecule has 0 aliphatic carbocycles. The molecule has 2 aromatic heterocycles. The molecule has 1 unspecified atom stereocenters. The van der Waals surface area contributed by atoms with Gasteiger partial charge in [0.25, 0.3) is 5.56 Å². The minimum atomic E-state index is -0.728. The van der Waals surface area contributed by atoms with E-state index in [4.69, 9.17) is 0 Å². The van der Waals surface area contributed by atoms with Crippen molar-refractivity contribution in [1.29, 1.82) is 0 Å². The van der Waals surface area contributed by atoms with Crippen molar-refractivity contribution in [3.63, 3.8) is 0 Å². The maximum atomic E-state index is 13.7. The molecule has 0 spiro atoms. The molecule has 2 amide bonds. The van der Waals surface area contributed by atoms with Gasteiger partial charge in [0.05, 0.1) is 11.7 Å². The largest absolute Gasteiger partial charge is 0.326 e. The van der Waals surface area contributed by atoms with E-state index in [9.17, 15) is 14.4 Å². The molecule has 36 heavy (non-hydrogen) atoms. The van der Waals surface area contributed by atoms with E-state index in [0.29, 0.717) is 28.0 Å². The quantitative estimate of drug-likeness (QED) is 0.309. The lowest BCUT2D eigenvalue weighted by atomic mass is 10.0. The van der Waals surface area contributed by atoms with Crippen molar-refractivity contribution in [2.75, 3.05) is 10.6 Å². The van der Waals surface area contributed by atoms with Crippen LogP contribution in [-0.4, -0.2) is 21.4 Å². The van der Waals surface area contributed by atoms with Gasteiger partial charge in [-0.25, -0.2) is 4.98 Å². The summed E-state index contributed by atoms with van der Waals surface area (Å²) in [7, 11) is 0. The fourth-order valence-electron chi connectivity index (χ4n) is 4.31. The summed E-state index contributed by atoms with van der Waals surface area (Å²) in [5.41, 5.74) is 2.72.